The first-order valence-electron chi connectivity index (χ1n) is 5.39. The monoisotopic (exact) mass is 203 g/mol. The molecule has 1 unspecified atom stereocenters. The van der Waals surface area contributed by atoms with E-state index in [-0.39, 0.29) is 0 Å². The van der Waals surface area contributed by atoms with Crippen molar-refractivity contribution >= 4 is 5.69 Å². The van der Waals surface area contributed by atoms with E-state index in [9.17, 15) is 0 Å². The second-order valence-corrected chi connectivity index (χ2v) is 3.66. The molecular weight excluding hydrogens is 186 g/mol. The molecular formula is C12H17N3. The van der Waals surface area contributed by atoms with Gasteiger partial charge in [-0.1, -0.05) is 20.3 Å². The van der Waals surface area contributed by atoms with Crippen LogP contribution < -0.4 is 5.73 Å². The Labute approximate surface area is 90.9 Å². The molecule has 0 aliphatic heterocycles. The van der Waals surface area contributed by atoms with E-state index in [4.69, 9.17) is 11.0 Å². The molecule has 0 bridgehead atoms. The maximum atomic E-state index is 8.87. The number of nitrogen functional groups attached to an aromatic ring is 1. The average Bonchev–Trinajstić information content (AvgIpc) is 2.27. The summed E-state index contributed by atoms with van der Waals surface area (Å²) in [5.41, 5.74) is 7.90. The highest BCUT2D eigenvalue weighted by molar-refractivity contribution is 5.57. The molecule has 0 aromatic carbocycles. The molecule has 0 amide bonds. The lowest BCUT2D eigenvalue weighted by Crippen LogP contribution is -2.06. The molecule has 3 heteroatoms. The van der Waals surface area contributed by atoms with Gasteiger partial charge in [0.05, 0.1) is 16.9 Å². The molecule has 1 atom stereocenters. The summed E-state index contributed by atoms with van der Waals surface area (Å²) in [6, 6.07) is 3.76. The van der Waals surface area contributed by atoms with E-state index in [1.807, 2.05) is 0 Å². The first-order chi connectivity index (χ1) is 7.24. The lowest BCUT2D eigenvalue weighted by atomic mass is 9.94. The van der Waals surface area contributed by atoms with Crippen molar-refractivity contribution in [2.24, 2.45) is 0 Å². The van der Waals surface area contributed by atoms with Crippen LogP contribution in [0.4, 0.5) is 5.69 Å². The standard InChI is InChI=1S/C12H17N3/c1-3-5-9(4-2)12-11(14)10(8-13)6-7-15-12/h6-7,9H,3-5,14H2,1-2H3. The van der Waals surface area contributed by atoms with Gasteiger partial charge in [0, 0.05) is 12.1 Å². The molecule has 0 aliphatic carbocycles. The Morgan fingerprint density at radius 2 is 2.27 bits per heavy atom. The zero-order chi connectivity index (χ0) is 11.3. The topological polar surface area (TPSA) is 62.7 Å². The van der Waals surface area contributed by atoms with E-state index < -0.39 is 0 Å². The van der Waals surface area contributed by atoms with Crippen molar-refractivity contribution in [1.82, 2.24) is 4.98 Å². The third-order valence-corrected chi connectivity index (χ3v) is 2.66. The highest BCUT2D eigenvalue weighted by Crippen LogP contribution is 2.28. The largest absolute Gasteiger partial charge is 0.396 e. The molecule has 0 aliphatic rings. The maximum Gasteiger partial charge on any atom is 0.101 e. The van der Waals surface area contributed by atoms with Crippen LogP contribution in [0, 0.1) is 11.3 Å². The van der Waals surface area contributed by atoms with Crippen molar-refractivity contribution in [3.8, 4) is 6.07 Å². The van der Waals surface area contributed by atoms with Gasteiger partial charge in [-0.2, -0.15) is 5.26 Å². The number of hydrogen-bond donors (Lipinski definition) is 1. The van der Waals surface area contributed by atoms with Crippen molar-refractivity contribution in [2.45, 2.75) is 39.0 Å². The third kappa shape index (κ3) is 2.47. The number of rotatable bonds is 4. The Bertz CT molecular complexity index is 366. The molecule has 1 aromatic rings. The number of aromatic nitrogens is 1. The minimum absolute atomic E-state index is 0.378. The summed E-state index contributed by atoms with van der Waals surface area (Å²) in [6.45, 7) is 4.27. The first-order valence-corrected chi connectivity index (χ1v) is 5.39. The smallest absolute Gasteiger partial charge is 0.101 e. The lowest BCUT2D eigenvalue weighted by Gasteiger charge is -2.15. The van der Waals surface area contributed by atoms with Crippen LogP contribution in [-0.4, -0.2) is 4.98 Å². The van der Waals surface area contributed by atoms with E-state index in [1.54, 1.807) is 12.3 Å². The number of nitrogens with zero attached hydrogens (tertiary/aromatic N) is 2. The minimum Gasteiger partial charge on any atom is -0.396 e. The molecule has 3 nitrogen and oxygen atoms in total. The van der Waals surface area contributed by atoms with Gasteiger partial charge in [0.1, 0.15) is 6.07 Å². The van der Waals surface area contributed by atoms with E-state index in [1.165, 1.54) is 0 Å². The van der Waals surface area contributed by atoms with Crippen molar-refractivity contribution in [2.75, 3.05) is 5.73 Å². The van der Waals surface area contributed by atoms with Gasteiger partial charge in [-0.05, 0) is 18.9 Å². The van der Waals surface area contributed by atoms with E-state index >= 15 is 0 Å². The number of nitrogens with two attached hydrogens (primary N) is 1. The first kappa shape index (κ1) is 11.5. The predicted molar refractivity (Wildman–Crippen MR) is 61.3 cm³/mol. The second kappa shape index (κ2) is 5.35. The molecule has 1 aromatic heterocycles. The predicted octanol–water partition coefficient (Wildman–Crippen LogP) is 2.83. The molecule has 0 radical (unpaired) electrons. The van der Waals surface area contributed by atoms with Crippen LogP contribution in [0.15, 0.2) is 12.3 Å². The summed E-state index contributed by atoms with van der Waals surface area (Å²) >= 11 is 0. The van der Waals surface area contributed by atoms with Crippen LogP contribution in [0.5, 0.6) is 0 Å². The fourth-order valence-electron chi connectivity index (χ4n) is 1.79. The molecule has 1 heterocycles. The molecule has 0 saturated heterocycles. The quantitative estimate of drug-likeness (QED) is 0.818. The number of nitriles is 1. The van der Waals surface area contributed by atoms with E-state index in [0.717, 1.165) is 25.0 Å². The van der Waals surface area contributed by atoms with Gasteiger partial charge in [0.15, 0.2) is 0 Å². The molecule has 0 saturated carbocycles. The molecule has 80 valence electrons. The van der Waals surface area contributed by atoms with Gasteiger partial charge in [-0.15, -0.1) is 0 Å². The van der Waals surface area contributed by atoms with Gasteiger partial charge >= 0.3 is 0 Å². The highest BCUT2D eigenvalue weighted by atomic mass is 14.7. The van der Waals surface area contributed by atoms with Crippen LogP contribution in [0.3, 0.4) is 0 Å². The zero-order valence-corrected chi connectivity index (χ0v) is 9.33. The van der Waals surface area contributed by atoms with Crippen LogP contribution >= 0.6 is 0 Å². The van der Waals surface area contributed by atoms with Gasteiger partial charge in [-0.25, -0.2) is 0 Å². The van der Waals surface area contributed by atoms with Crippen LogP contribution in [0.2, 0.25) is 0 Å². The second-order valence-electron chi connectivity index (χ2n) is 3.66. The lowest BCUT2D eigenvalue weighted by molar-refractivity contribution is 0.583. The van der Waals surface area contributed by atoms with Gasteiger partial charge in [0.25, 0.3) is 0 Å². The fourth-order valence-corrected chi connectivity index (χ4v) is 1.79. The van der Waals surface area contributed by atoms with E-state index in [2.05, 4.69) is 24.9 Å². The fraction of sp³-hybridized carbons (Fsp3) is 0.500. The van der Waals surface area contributed by atoms with Gasteiger partial charge in [0.2, 0.25) is 0 Å². The summed E-state index contributed by atoms with van der Waals surface area (Å²) in [4.78, 5) is 4.30. The van der Waals surface area contributed by atoms with Crippen LogP contribution in [0.1, 0.15) is 50.3 Å². The Hall–Kier alpha value is -1.56. The normalized spacial score (nSPS) is 12.1. The summed E-state index contributed by atoms with van der Waals surface area (Å²) in [7, 11) is 0. The molecule has 15 heavy (non-hydrogen) atoms. The highest BCUT2D eigenvalue weighted by Gasteiger charge is 2.15. The number of pyridine rings is 1. The van der Waals surface area contributed by atoms with E-state index in [0.29, 0.717) is 17.2 Å². The Kier molecular flexibility index (Phi) is 4.11. The molecule has 0 spiro atoms. The third-order valence-electron chi connectivity index (χ3n) is 2.66. The van der Waals surface area contributed by atoms with Crippen molar-refractivity contribution in [3.63, 3.8) is 0 Å². The van der Waals surface area contributed by atoms with Crippen LogP contribution in [-0.2, 0) is 0 Å². The summed E-state index contributed by atoms with van der Waals surface area (Å²) in [5.74, 6) is 0.378. The Balaban J connectivity index is 3.08. The molecule has 0 fully saturated rings. The average molecular weight is 203 g/mol. The summed E-state index contributed by atoms with van der Waals surface area (Å²) < 4.78 is 0. The Morgan fingerprint density at radius 1 is 1.53 bits per heavy atom. The number of anilines is 1. The minimum atomic E-state index is 0.378. The van der Waals surface area contributed by atoms with Crippen molar-refractivity contribution in [1.29, 1.82) is 5.26 Å². The molecule has 1 rings (SSSR count). The Morgan fingerprint density at radius 3 is 2.80 bits per heavy atom. The SMILES string of the molecule is CCCC(CC)c1nccc(C#N)c1N. The van der Waals surface area contributed by atoms with Crippen molar-refractivity contribution in [3.05, 3.63) is 23.5 Å². The summed E-state index contributed by atoms with van der Waals surface area (Å²) in [5, 5.41) is 8.87. The molecule has 2 N–H and O–H groups in total. The van der Waals surface area contributed by atoms with Crippen molar-refractivity contribution < 1.29 is 0 Å². The maximum absolute atomic E-state index is 8.87. The van der Waals surface area contributed by atoms with Gasteiger partial charge < -0.3 is 5.73 Å². The number of hydrogen-bond acceptors (Lipinski definition) is 3. The zero-order valence-electron chi connectivity index (χ0n) is 9.33. The van der Waals surface area contributed by atoms with Crippen LogP contribution in [0.25, 0.3) is 0 Å². The summed E-state index contributed by atoms with van der Waals surface area (Å²) in [6.07, 6.45) is 4.86. The van der Waals surface area contributed by atoms with Gasteiger partial charge in [-0.3, -0.25) is 4.98 Å².